The molecule has 1 aromatic heterocycles. The average Bonchev–Trinajstić information content (AvgIpc) is 3.16. The summed E-state index contributed by atoms with van der Waals surface area (Å²) >= 11 is 0. The molecule has 1 saturated carbocycles. The molecule has 1 fully saturated rings. The maximum Gasteiger partial charge on any atom is 0.255 e. The van der Waals surface area contributed by atoms with Crippen LogP contribution in [0.2, 0.25) is 0 Å². The monoisotopic (exact) mass is 409 g/mol. The van der Waals surface area contributed by atoms with E-state index >= 15 is 0 Å². The van der Waals surface area contributed by atoms with E-state index in [-0.39, 0.29) is 11.5 Å². The molecule has 1 heterocycles. The Morgan fingerprint density at radius 1 is 1.20 bits per heavy atom. The second-order valence-corrected chi connectivity index (χ2v) is 8.50. The summed E-state index contributed by atoms with van der Waals surface area (Å²) in [5.41, 5.74) is 1.64. The van der Waals surface area contributed by atoms with Gasteiger partial charge >= 0.3 is 0 Å². The van der Waals surface area contributed by atoms with Crippen molar-refractivity contribution < 1.29 is 13.9 Å². The average molecular weight is 410 g/mol. The van der Waals surface area contributed by atoms with E-state index in [1.54, 1.807) is 13.2 Å². The maximum atomic E-state index is 13.5. The lowest BCUT2D eigenvalue weighted by Gasteiger charge is -2.30. The first-order chi connectivity index (χ1) is 14.4. The number of aromatic nitrogens is 2. The van der Waals surface area contributed by atoms with Gasteiger partial charge in [0.25, 0.3) is 5.91 Å². The number of hydrogen-bond acceptors (Lipinski definition) is 3. The van der Waals surface area contributed by atoms with E-state index in [2.05, 4.69) is 23.8 Å². The minimum atomic E-state index is -0.446. The quantitative estimate of drug-likeness (QED) is 0.577. The first kappa shape index (κ1) is 20.4. The summed E-state index contributed by atoms with van der Waals surface area (Å²) in [5, 5.41) is 8.56. The molecule has 30 heavy (non-hydrogen) atoms. The number of carbonyl (C=O) groups is 1. The minimum Gasteiger partial charge on any atom is -0.494 e. The number of hydrogen-bond donors (Lipinski definition) is 1. The van der Waals surface area contributed by atoms with Crippen LogP contribution in [0, 0.1) is 17.7 Å². The highest BCUT2D eigenvalue weighted by Crippen LogP contribution is 2.37. The lowest BCUT2D eigenvalue weighted by Crippen LogP contribution is -2.21. The van der Waals surface area contributed by atoms with Crippen LogP contribution in [0.4, 0.5) is 10.1 Å². The van der Waals surface area contributed by atoms with Crippen LogP contribution in [-0.4, -0.2) is 22.8 Å². The van der Waals surface area contributed by atoms with E-state index in [0.29, 0.717) is 17.5 Å². The summed E-state index contributed by atoms with van der Waals surface area (Å²) < 4.78 is 21.0. The smallest absolute Gasteiger partial charge is 0.255 e. The Morgan fingerprint density at radius 3 is 2.63 bits per heavy atom. The zero-order chi connectivity index (χ0) is 21.3. The highest BCUT2D eigenvalue weighted by Gasteiger charge is 2.25. The van der Waals surface area contributed by atoms with E-state index in [9.17, 15) is 9.18 Å². The zero-order valence-electron chi connectivity index (χ0n) is 17.7. The third-order valence-corrected chi connectivity index (χ3v) is 6.24. The highest BCUT2D eigenvalue weighted by molar-refractivity contribution is 6.06. The molecular formula is C24H28FN3O2. The Morgan fingerprint density at radius 2 is 1.97 bits per heavy atom. The zero-order valence-corrected chi connectivity index (χ0v) is 17.7. The molecule has 5 nitrogen and oxygen atoms in total. The van der Waals surface area contributed by atoms with Gasteiger partial charge in [-0.2, -0.15) is 5.10 Å². The molecule has 1 aliphatic carbocycles. The molecule has 1 amide bonds. The topological polar surface area (TPSA) is 56.1 Å². The normalized spacial score (nSPS) is 19.2. The van der Waals surface area contributed by atoms with Gasteiger partial charge in [0.15, 0.2) is 0 Å². The van der Waals surface area contributed by atoms with Crippen molar-refractivity contribution in [1.29, 1.82) is 0 Å². The van der Waals surface area contributed by atoms with Crippen molar-refractivity contribution in [3.63, 3.8) is 0 Å². The standard InChI is InChI=1S/C24H28FN3O2/c1-15(2)16-7-9-20(10-8-16)28-14-18-12-22(23(30-3)13-21(18)27-28)26-24(29)17-5-4-6-19(25)11-17/h4-6,11-16,20H,7-10H2,1-3H3,(H,26,29). The third kappa shape index (κ3) is 4.18. The summed E-state index contributed by atoms with van der Waals surface area (Å²) in [5.74, 6) is 1.23. The van der Waals surface area contributed by atoms with Gasteiger partial charge in [0, 0.05) is 23.2 Å². The number of benzene rings is 2. The van der Waals surface area contributed by atoms with Gasteiger partial charge < -0.3 is 10.1 Å². The van der Waals surface area contributed by atoms with Crippen molar-refractivity contribution in [1.82, 2.24) is 9.78 Å². The van der Waals surface area contributed by atoms with Crippen molar-refractivity contribution in [2.75, 3.05) is 12.4 Å². The predicted octanol–water partition coefficient (Wildman–Crippen LogP) is 5.82. The van der Waals surface area contributed by atoms with Gasteiger partial charge in [0.05, 0.1) is 24.4 Å². The molecule has 0 radical (unpaired) electrons. The molecule has 0 atom stereocenters. The van der Waals surface area contributed by atoms with Gasteiger partial charge in [0.1, 0.15) is 11.6 Å². The number of carbonyl (C=O) groups excluding carboxylic acids is 1. The number of amides is 1. The van der Waals surface area contributed by atoms with E-state index in [4.69, 9.17) is 9.84 Å². The molecular weight excluding hydrogens is 381 g/mol. The van der Waals surface area contributed by atoms with Crippen LogP contribution >= 0.6 is 0 Å². The minimum absolute atomic E-state index is 0.259. The van der Waals surface area contributed by atoms with Gasteiger partial charge in [-0.25, -0.2) is 4.39 Å². The molecule has 0 bridgehead atoms. The maximum absolute atomic E-state index is 13.5. The first-order valence-corrected chi connectivity index (χ1v) is 10.6. The number of halogens is 1. The molecule has 0 unspecified atom stereocenters. The molecule has 4 rings (SSSR count). The molecule has 0 spiro atoms. The summed E-state index contributed by atoms with van der Waals surface area (Å²) in [6, 6.07) is 9.74. The van der Waals surface area contributed by atoms with Crippen molar-refractivity contribution in [2.24, 2.45) is 11.8 Å². The van der Waals surface area contributed by atoms with Crippen LogP contribution in [0.15, 0.2) is 42.6 Å². The fourth-order valence-electron chi connectivity index (χ4n) is 4.38. The van der Waals surface area contributed by atoms with Gasteiger partial charge in [-0.15, -0.1) is 0 Å². The molecule has 2 aromatic carbocycles. The number of methoxy groups -OCH3 is 1. The van der Waals surface area contributed by atoms with Crippen molar-refractivity contribution in [3.8, 4) is 5.75 Å². The summed E-state index contributed by atoms with van der Waals surface area (Å²) in [4.78, 5) is 12.6. The molecule has 1 aliphatic rings. The summed E-state index contributed by atoms with van der Waals surface area (Å²) in [7, 11) is 1.56. The molecule has 158 valence electrons. The Balaban J connectivity index is 1.57. The van der Waals surface area contributed by atoms with Crippen LogP contribution in [0.5, 0.6) is 5.75 Å². The van der Waals surface area contributed by atoms with E-state index in [1.165, 1.54) is 31.0 Å². The number of nitrogens with zero attached hydrogens (tertiary/aromatic N) is 2. The van der Waals surface area contributed by atoms with Crippen molar-refractivity contribution in [3.05, 3.63) is 54.0 Å². The number of anilines is 1. The van der Waals surface area contributed by atoms with Gasteiger partial charge in [-0.1, -0.05) is 19.9 Å². The van der Waals surface area contributed by atoms with Crippen LogP contribution < -0.4 is 10.1 Å². The summed E-state index contributed by atoms with van der Waals surface area (Å²) in [6.45, 7) is 4.61. The third-order valence-electron chi connectivity index (χ3n) is 6.24. The fraction of sp³-hybridized carbons (Fsp3) is 0.417. The van der Waals surface area contributed by atoms with Crippen molar-refractivity contribution >= 4 is 22.5 Å². The Kier molecular flexibility index (Phi) is 5.75. The molecule has 0 aliphatic heterocycles. The number of rotatable bonds is 5. The van der Waals surface area contributed by atoms with E-state index < -0.39 is 5.82 Å². The van der Waals surface area contributed by atoms with Gasteiger partial charge in [0.2, 0.25) is 0 Å². The van der Waals surface area contributed by atoms with Crippen molar-refractivity contribution in [2.45, 2.75) is 45.6 Å². The number of ether oxygens (including phenoxy) is 1. The molecule has 1 N–H and O–H groups in total. The SMILES string of the molecule is COc1cc2nn(C3CCC(C(C)C)CC3)cc2cc1NC(=O)c1cccc(F)c1. The molecule has 6 heteroatoms. The Labute approximate surface area is 176 Å². The second kappa shape index (κ2) is 8.46. The lowest BCUT2D eigenvalue weighted by molar-refractivity contribution is 0.102. The lowest BCUT2D eigenvalue weighted by atomic mass is 9.80. The Bertz CT molecular complexity index is 1050. The predicted molar refractivity (Wildman–Crippen MR) is 116 cm³/mol. The van der Waals surface area contributed by atoms with Gasteiger partial charge in [-0.05, 0) is 61.8 Å². The van der Waals surface area contributed by atoms with Crippen LogP contribution in [0.3, 0.4) is 0 Å². The van der Waals surface area contributed by atoms with E-state index in [1.807, 2.05) is 18.3 Å². The summed E-state index contributed by atoms with van der Waals surface area (Å²) in [6.07, 6.45) is 6.79. The fourth-order valence-corrected chi connectivity index (χ4v) is 4.38. The largest absolute Gasteiger partial charge is 0.494 e. The van der Waals surface area contributed by atoms with E-state index in [0.717, 1.165) is 35.6 Å². The van der Waals surface area contributed by atoms with Crippen LogP contribution in [0.25, 0.3) is 10.9 Å². The number of fused-ring (bicyclic) bond motifs is 1. The molecule has 3 aromatic rings. The Hall–Kier alpha value is -2.89. The molecule has 0 saturated heterocycles. The second-order valence-electron chi connectivity index (χ2n) is 8.50. The first-order valence-electron chi connectivity index (χ1n) is 10.6. The van der Waals surface area contributed by atoms with Gasteiger partial charge in [-0.3, -0.25) is 9.48 Å². The van der Waals surface area contributed by atoms with Crippen LogP contribution in [-0.2, 0) is 0 Å². The highest BCUT2D eigenvalue weighted by atomic mass is 19.1. The number of nitrogens with one attached hydrogen (secondary N) is 1. The van der Waals surface area contributed by atoms with Crippen LogP contribution in [0.1, 0.15) is 55.9 Å².